The minimum absolute atomic E-state index is 0.0201. The smallest absolute Gasteiger partial charge is 0.257 e. The number of nitrogens with zero attached hydrogens (tertiary/aromatic N) is 2. The van der Waals surface area contributed by atoms with E-state index >= 15 is 0 Å². The van der Waals surface area contributed by atoms with Crippen LogP contribution >= 0.6 is 23.2 Å². The number of rotatable bonds is 8. The Bertz CT molecular complexity index is 1370. The summed E-state index contributed by atoms with van der Waals surface area (Å²) in [5.74, 6) is 0.722. The van der Waals surface area contributed by atoms with Gasteiger partial charge in [-0.2, -0.15) is 0 Å². The van der Waals surface area contributed by atoms with Gasteiger partial charge in [-0.25, -0.2) is 0 Å². The van der Waals surface area contributed by atoms with E-state index in [4.69, 9.17) is 33.7 Å². The molecule has 0 bridgehead atoms. The maximum Gasteiger partial charge on any atom is 0.257 e. The molecule has 0 spiro atoms. The van der Waals surface area contributed by atoms with E-state index in [-0.39, 0.29) is 11.8 Å². The first kappa shape index (κ1) is 28.5. The first-order chi connectivity index (χ1) is 19.3. The van der Waals surface area contributed by atoms with Gasteiger partial charge in [-0.15, -0.1) is 0 Å². The normalized spacial score (nSPS) is 19.0. The molecule has 0 saturated carbocycles. The second-order valence-electron chi connectivity index (χ2n) is 10.9. The average molecular weight is 581 g/mol. The Morgan fingerprint density at radius 1 is 0.975 bits per heavy atom. The fraction of sp³-hybridized carbons (Fsp3) is 0.375. The molecule has 2 aliphatic rings. The van der Waals surface area contributed by atoms with Gasteiger partial charge >= 0.3 is 0 Å². The SMILES string of the molecule is COc1c(C(=O)N2CCC(CCN3CCC(C(N)=O)(c4ccccc4)CC3)C2)cccc1-c1ccc(Cl)c(Cl)c1. The highest BCUT2D eigenvalue weighted by molar-refractivity contribution is 6.42. The molecule has 5 rings (SSSR count). The van der Waals surface area contributed by atoms with Crippen LogP contribution in [0.25, 0.3) is 11.1 Å². The standard InChI is InChI=1S/C32H35Cl2N3O3/c1-40-29-25(23-10-11-27(33)28(34)20-23)8-5-9-26(29)30(38)37-17-13-22(21-37)12-16-36-18-14-32(15-19-36,31(35)39)24-6-3-2-4-7-24/h2-11,20,22H,12-19,21H2,1H3,(H2,35,39). The van der Waals surface area contributed by atoms with Gasteiger partial charge in [0.2, 0.25) is 5.91 Å². The third-order valence-corrected chi connectivity index (χ3v) is 9.35. The lowest BCUT2D eigenvalue weighted by molar-refractivity contribution is -0.125. The minimum atomic E-state index is -0.584. The van der Waals surface area contributed by atoms with Crippen LogP contribution in [-0.2, 0) is 10.2 Å². The fourth-order valence-electron chi connectivity index (χ4n) is 6.20. The van der Waals surface area contributed by atoms with Crippen molar-refractivity contribution >= 4 is 35.0 Å². The van der Waals surface area contributed by atoms with Crippen molar-refractivity contribution in [1.29, 1.82) is 0 Å². The van der Waals surface area contributed by atoms with Gasteiger partial charge in [0.25, 0.3) is 5.91 Å². The van der Waals surface area contributed by atoms with Crippen LogP contribution in [0.3, 0.4) is 0 Å². The Labute approximate surface area is 246 Å². The molecule has 2 aliphatic heterocycles. The molecule has 0 aliphatic carbocycles. The molecule has 6 nitrogen and oxygen atoms in total. The summed E-state index contributed by atoms with van der Waals surface area (Å²) in [6.07, 6.45) is 3.45. The molecular formula is C32H35Cl2N3O3. The Morgan fingerprint density at radius 3 is 2.40 bits per heavy atom. The number of hydrogen-bond acceptors (Lipinski definition) is 4. The topological polar surface area (TPSA) is 75.9 Å². The van der Waals surface area contributed by atoms with E-state index in [0.717, 1.165) is 75.1 Å². The van der Waals surface area contributed by atoms with E-state index in [1.807, 2.05) is 59.5 Å². The molecule has 0 aromatic heterocycles. The molecule has 1 atom stereocenters. The van der Waals surface area contributed by atoms with Gasteiger partial charge in [0.15, 0.2) is 0 Å². The first-order valence-electron chi connectivity index (χ1n) is 13.8. The number of primary amides is 1. The van der Waals surface area contributed by atoms with Crippen LogP contribution in [0.5, 0.6) is 5.75 Å². The van der Waals surface area contributed by atoms with Gasteiger partial charge in [-0.1, -0.05) is 71.7 Å². The van der Waals surface area contributed by atoms with Crippen molar-refractivity contribution in [3.8, 4) is 16.9 Å². The number of carbonyl (C=O) groups excluding carboxylic acids is 2. The zero-order chi connectivity index (χ0) is 28.3. The molecule has 0 radical (unpaired) electrons. The molecule has 8 heteroatoms. The van der Waals surface area contributed by atoms with Gasteiger partial charge < -0.3 is 20.3 Å². The van der Waals surface area contributed by atoms with Gasteiger partial charge in [0, 0.05) is 18.7 Å². The number of ether oxygens (including phenoxy) is 1. The Hall–Kier alpha value is -3.06. The van der Waals surface area contributed by atoms with E-state index in [0.29, 0.717) is 27.3 Å². The summed E-state index contributed by atoms with van der Waals surface area (Å²) in [6.45, 7) is 4.08. The average Bonchev–Trinajstić information content (AvgIpc) is 3.46. The second-order valence-corrected chi connectivity index (χ2v) is 11.7. The molecule has 210 valence electrons. The largest absolute Gasteiger partial charge is 0.495 e. The quantitative estimate of drug-likeness (QED) is 0.353. The van der Waals surface area contributed by atoms with E-state index in [9.17, 15) is 9.59 Å². The number of amides is 2. The highest BCUT2D eigenvalue weighted by Gasteiger charge is 2.41. The lowest BCUT2D eigenvalue weighted by atomic mass is 9.72. The highest BCUT2D eigenvalue weighted by Crippen LogP contribution is 2.38. The first-order valence-corrected chi connectivity index (χ1v) is 14.6. The van der Waals surface area contributed by atoms with Gasteiger partial charge in [-0.3, -0.25) is 9.59 Å². The summed E-state index contributed by atoms with van der Waals surface area (Å²) in [6, 6.07) is 21.0. The Balaban J connectivity index is 1.19. The molecule has 1 unspecified atom stereocenters. The van der Waals surface area contributed by atoms with Crippen LogP contribution in [0.2, 0.25) is 10.0 Å². The Morgan fingerprint density at radius 2 is 1.73 bits per heavy atom. The van der Waals surface area contributed by atoms with Crippen LogP contribution in [0.1, 0.15) is 41.6 Å². The van der Waals surface area contributed by atoms with Crippen molar-refractivity contribution in [2.24, 2.45) is 11.7 Å². The summed E-state index contributed by atoms with van der Waals surface area (Å²) in [7, 11) is 1.59. The van der Waals surface area contributed by atoms with E-state index in [1.165, 1.54) is 0 Å². The summed E-state index contributed by atoms with van der Waals surface area (Å²) >= 11 is 12.4. The van der Waals surface area contributed by atoms with Crippen LogP contribution in [-0.4, -0.2) is 61.4 Å². The predicted molar refractivity (Wildman–Crippen MR) is 160 cm³/mol. The van der Waals surface area contributed by atoms with Crippen LogP contribution < -0.4 is 10.5 Å². The summed E-state index contributed by atoms with van der Waals surface area (Å²) < 4.78 is 5.74. The molecule has 40 heavy (non-hydrogen) atoms. The van der Waals surface area contributed by atoms with E-state index in [1.54, 1.807) is 19.2 Å². The molecule has 2 fully saturated rings. The maximum absolute atomic E-state index is 13.6. The number of nitrogens with two attached hydrogens (primary N) is 1. The molecule has 2 saturated heterocycles. The van der Waals surface area contributed by atoms with Crippen LogP contribution in [0.15, 0.2) is 66.7 Å². The van der Waals surface area contributed by atoms with Crippen molar-refractivity contribution in [2.75, 3.05) is 39.8 Å². The number of piperidine rings is 1. The van der Waals surface area contributed by atoms with E-state index < -0.39 is 5.41 Å². The molecular weight excluding hydrogens is 545 g/mol. The van der Waals surface area contributed by atoms with Gasteiger partial charge in [0.05, 0.1) is 28.1 Å². The van der Waals surface area contributed by atoms with Gasteiger partial charge in [0.1, 0.15) is 5.75 Å². The zero-order valence-corrected chi connectivity index (χ0v) is 24.3. The lowest BCUT2D eigenvalue weighted by Gasteiger charge is -2.40. The molecule has 2 heterocycles. The molecule has 2 amide bonds. The van der Waals surface area contributed by atoms with Crippen molar-refractivity contribution < 1.29 is 14.3 Å². The molecule has 3 aromatic rings. The summed E-state index contributed by atoms with van der Waals surface area (Å²) in [5.41, 5.74) is 8.53. The number of halogens is 2. The van der Waals surface area contributed by atoms with Crippen molar-refractivity contribution in [3.63, 3.8) is 0 Å². The Kier molecular flexibility index (Phi) is 8.69. The number of para-hydroxylation sites is 1. The highest BCUT2D eigenvalue weighted by atomic mass is 35.5. The maximum atomic E-state index is 13.6. The van der Waals surface area contributed by atoms with Crippen molar-refractivity contribution in [1.82, 2.24) is 9.80 Å². The third-order valence-electron chi connectivity index (χ3n) is 8.61. The predicted octanol–water partition coefficient (Wildman–Crippen LogP) is 6.04. The van der Waals surface area contributed by atoms with Gasteiger partial charge in [-0.05, 0) is 80.6 Å². The summed E-state index contributed by atoms with van der Waals surface area (Å²) in [4.78, 5) is 30.5. The van der Waals surface area contributed by atoms with Crippen molar-refractivity contribution in [2.45, 2.75) is 31.1 Å². The number of benzene rings is 3. The molecule has 2 N–H and O–H groups in total. The monoisotopic (exact) mass is 579 g/mol. The zero-order valence-electron chi connectivity index (χ0n) is 22.7. The van der Waals surface area contributed by atoms with Crippen LogP contribution in [0.4, 0.5) is 0 Å². The summed E-state index contributed by atoms with van der Waals surface area (Å²) in [5, 5.41) is 0.932. The molecule has 3 aromatic carbocycles. The number of likely N-dealkylation sites (tertiary alicyclic amines) is 2. The van der Waals surface area contributed by atoms with E-state index in [2.05, 4.69) is 4.90 Å². The minimum Gasteiger partial charge on any atom is -0.495 e. The fourth-order valence-corrected chi connectivity index (χ4v) is 6.50. The number of methoxy groups -OCH3 is 1. The van der Waals surface area contributed by atoms with Crippen molar-refractivity contribution in [3.05, 3.63) is 87.9 Å². The number of carbonyl (C=O) groups is 2. The number of hydrogen-bond donors (Lipinski definition) is 1. The third kappa shape index (κ3) is 5.71. The second kappa shape index (κ2) is 12.2. The lowest BCUT2D eigenvalue weighted by Crippen LogP contribution is -2.50. The van der Waals surface area contributed by atoms with Crippen LogP contribution in [0, 0.1) is 5.92 Å².